The third-order valence-electron chi connectivity index (χ3n) is 5.39. The van der Waals surface area contributed by atoms with Gasteiger partial charge in [0.25, 0.3) is 0 Å². The molecule has 2 heterocycles. The minimum atomic E-state index is -0.377. The van der Waals surface area contributed by atoms with Crippen LogP contribution in [-0.2, 0) is 11.2 Å². The first-order valence-electron chi connectivity index (χ1n) is 9.31. The van der Waals surface area contributed by atoms with Gasteiger partial charge in [0, 0.05) is 23.7 Å². The Morgan fingerprint density at radius 2 is 1.81 bits per heavy atom. The number of nitrogens with one attached hydrogen (secondary N) is 1. The van der Waals surface area contributed by atoms with Gasteiger partial charge >= 0.3 is 0 Å². The maximum atomic E-state index is 13.3. The number of hydrogen-bond donors (Lipinski definition) is 1. The summed E-state index contributed by atoms with van der Waals surface area (Å²) in [6, 6.07) is 15.9. The van der Waals surface area contributed by atoms with E-state index in [9.17, 15) is 4.79 Å². The summed E-state index contributed by atoms with van der Waals surface area (Å²) in [5.74, 6) is 0.0972. The first-order chi connectivity index (χ1) is 12.8. The van der Waals surface area contributed by atoms with Gasteiger partial charge in [-0.25, -0.2) is 0 Å². The van der Waals surface area contributed by atoms with Gasteiger partial charge in [0.15, 0.2) is 0 Å². The molecule has 1 aliphatic rings. The Hall–Kier alpha value is -2.75. The van der Waals surface area contributed by atoms with Gasteiger partial charge in [-0.1, -0.05) is 43.5 Å². The second-order valence-electron chi connectivity index (χ2n) is 7.21. The number of para-hydroxylation sites is 1. The van der Waals surface area contributed by atoms with Crippen LogP contribution < -0.4 is 5.32 Å². The van der Waals surface area contributed by atoms with Crippen molar-refractivity contribution in [2.24, 2.45) is 5.41 Å². The number of fused-ring (bicyclic) bond motifs is 1. The van der Waals surface area contributed by atoms with Crippen molar-refractivity contribution in [1.82, 2.24) is 9.97 Å². The number of rotatable bonds is 4. The molecule has 0 spiro atoms. The highest BCUT2D eigenvalue weighted by Gasteiger charge is 2.40. The van der Waals surface area contributed by atoms with Crippen LogP contribution in [0.3, 0.4) is 0 Å². The van der Waals surface area contributed by atoms with Crippen molar-refractivity contribution in [2.75, 3.05) is 5.32 Å². The lowest BCUT2D eigenvalue weighted by atomic mass is 9.70. The minimum Gasteiger partial charge on any atom is -0.324 e. The number of pyridine rings is 2. The Morgan fingerprint density at radius 3 is 2.62 bits per heavy atom. The van der Waals surface area contributed by atoms with E-state index in [1.165, 1.54) is 6.42 Å². The smallest absolute Gasteiger partial charge is 0.231 e. The zero-order valence-electron chi connectivity index (χ0n) is 14.8. The molecule has 0 unspecified atom stereocenters. The molecule has 0 radical (unpaired) electrons. The molecule has 4 heteroatoms. The Morgan fingerprint density at radius 1 is 1.00 bits per heavy atom. The monoisotopic (exact) mass is 345 g/mol. The van der Waals surface area contributed by atoms with Gasteiger partial charge in [-0.05, 0) is 37.1 Å². The van der Waals surface area contributed by atoms with Gasteiger partial charge in [0.05, 0.1) is 22.8 Å². The average molecular weight is 345 g/mol. The van der Waals surface area contributed by atoms with E-state index in [1.807, 2.05) is 48.5 Å². The first kappa shape index (κ1) is 16.7. The Labute approximate surface area is 153 Å². The van der Waals surface area contributed by atoms with Crippen LogP contribution in [0.1, 0.15) is 37.8 Å². The highest BCUT2D eigenvalue weighted by molar-refractivity contribution is 5.97. The molecular weight excluding hydrogens is 322 g/mol. The van der Waals surface area contributed by atoms with Crippen molar-refractivity contribution < 1.29 is 4.79 Å². The number of benzene rings is 1. The van der Waals surface area contributed by atoms with Gasteiger partial charge < -0.3 is 5.32 Å². The zero-order valence-corrected chi connectivity index (χ0v) is 14.8. The summed E-state index contributed by atoms with van der Waals surface area (Å²) < 4.78 is 0. The molecule has 1 N–H and O–H groups in total. The SMILES string of the molecule is O=C(Nc1cnc2ccccc2c1)C1(Cc2ccccn2)CCCCC1. The molecule has 4 nitrogen and oxygen atoms in total. The summed E-state index contributed by atoms with van der Waals surface area (Å²) in [4.78, 5) is 22.2. The summed E-state index contributed by atoms with van der Waals surface area (Å²) in [6.07, 6.45) is 9.46. The van der Waals surface area contributed by atoms with Crippen LogP contribution >= 0.6 is 0 Å². The molecule has 1 amide bonds. The van der Waals surface area contributed by atoms with E-state index in [-0.39, 0.29) is 11.3 Å². The molecule has 1 aromatic carbocycles. The Bertz CT molecular complexity index is 901. The molecule has 132 valence electrons. The number of carbonyl (C=O) groups is 1. The van der Waals surface area contributed by atoms with Crippen LogP contribution in [0.2, 0.25) is 0 Å². The van der Waals surface area contributed by atoms with E-state index in [2.05, 4.69) is 15.3 Å². The molecular formula is C22H23N3O. The standard InChI is InChI=1S/C22H23N3O/c26-21(25-19-14-17-8-2-3-10-20(17)24-16-19)22(11-5-1-6-12-22)15-18-9-4-7-13-23-18/h2-4,7-10,13-14,16H,1,5-6,11-12,15H2,(H,25,26). The van der Waals surface area contributed by atoms with Crippen molar-refractivity contribution in [1.29, 1.82) is 0 Å². The van der Waals surface area contributed by atoms with E-state index >= 15 is 0 Å². The van der Waals surface area contributed by atoms with Gasteiger partial charge in [0.1, 0.15) is 0 Å². The summed E-state index contributed by atoms with van der Waals surface area (Å²) in [7, 11) is 0. The van der Waals surface area contributed by atoms with E-state index in [0.717, 1.165) is 48.0 Å². The molecule has 0 atom stereocenters. The first-order valence-corrected chi connectivity index (χ1v) is 9.31. The van der Waals surface area contributed by atoms with Crippen LogP contribution in [0.25, 0.3) is 10.9 Å². The minimum absolute atomic E-state index is 0.0972. The van der Waals surface area contributed by atoms with Crippen LogP contribution in [0.5, 0.6) is 0 Å². The molecule has 0 bridgehead atoms. The molecule has 26 heavy (non-hydrogen) atoms. The van der Waals surface area contributed by atoms with E-state index in [4.69, 9.17) is 0 Å². The fourth-order valence-corrected chi connectivity index (χ4v) is 3.97. The third kappa shape index (κ3) is 3.45. The maximum Gasteiger partial charge on any atom is 0.231 e. The summed E-state index contributed by atoms with van der Waals surface area (Å²) in [6.45, 7) is 0. The lowest BCUT2D eigenvalue weighted by Gasteiger charge is -2.35. The summed E-state index contributed by atoms with van der Waals surface area (Å²) in [5, 5.41) is 4.17. The van der Waals surface area contributed by atoms with Crippen molar-refractivity contribution in [2.45, 2.75) is 38.5 Å². The van der Waals surface area contributed by atoms with Gasteiger partial charge in [0.2, 0.25) is 5.91 Å². The fraction of sp³-hybridized carbons (Fsp3) is 0.318. The predicted octanol–water partition coefficient (Wildman–Crippen LogP) is 4.76. The molecule has 3 aromatic rings. The lowest BCUT2D eigenvalue weighted by molar-refractivity contribution is -0.127. The fourth-order valence-electron chi connectivity index (χ4n) is 3.97. The third-order valence-corrected chi connectivity index (χ3v) is 5.39. The van der Waals surface area contributed by atoms with Crippen molar-refractivity contribution in [3.8, 4) is 0 Å². The maximum absolute atomic E-state index is 13.3. The molecule has 1 fully saturated rings. The Balaban J connectivity index is 1.59. The molecule has 1 aliphatic carbocycles. The summed E-state index contributed by atoms with van der Waals surface area (Å²) in [5.41, 5.74) is 2.31. The van der Waals surface area contributed by atoms with Crippen molar-refractivity contribution in [3.05, 3.63) is 66.6 Å². The molecule has 0 saturated heterocycles. The van der Waals surface area contributed by atoms with Crippen LogP contribution in [0.4, 0.5) is 5.69 Å². The quantitative estimate of drug-likeness (QED) is 0.741. The van der Waals surface area contributed by atoms with Crippen LogP contribution in [-0.4, -0.2) is 15.9 Å². The number of hydrogen-bond acceptors (Lipinski definition) is 3. The van der Waals surface area contributed by atoms with E-state index < -0.39 is 0 Å². The molecule has 0 aliphatic heterocycles. The van der Waals surface area contributed by atoms with Gasteiger partial charge in [-0.2, -0.15) is 0 Å². The molecule has 4 rings (SSSR count). The van der Waals surface area contributed by atoms with E-state index in [0.29, 0.717) is 6.42 Å². The van der Waals surface area contributed by atoms with Gasteiger partial charge in [-0.15, -0.1) is 0 Å². The highest BCUT2D eigenvalue weighted by Crippen LogP contribution is 2.40. The number of carbonyl (C=O) groups excluding carboxylic acids is 1. The molecule has 1 saturated carbocycles. The largest absolute Gasteiger partial charge is 0.324 e. The number of nitrogens with zero attached hydrogens (tertiary/aromatic N) is 2. The Kier molecular flexibility index (Phi) is 4.65. The van der Waals surface area contributed by atoms with Crippen molar-refractivity contribution >= 4 is 22.5 Å². The number of amides is 1. The second-order valence-corrected chi connectivity index (χ2v) is 7.21. The predicted molar refractivity (Wildman–Crippen MR) is 104 cm³/mol. The second kappa shape index (κ2) is 7.24. The van der Waals surface area contributed by atoms with E-state index in [1.54, 1.807) is 12.4 Å². The average Bonchev–Trinajstić information content (AvgIpc) is 2.69. The van der Waals surface area contributed by atoms with Gasteiger partial charge in [-0.3, -0.25) is 14.8 Å². The zero-order chi connectivity index (χ0) is 17.8. The normalized spacial score (nSPS) is 16.3. The number of aromatic nitrogens is 2. The lowest BCUT2D eigenvalue weighted by Crippen LogP contribution is -2.40. The summed E-state index contributed by atoms with van der Waals surface area (Å²) >= 11 is 0. The topological polar surface area (TPSA) is 54.9 Å². The number of anilines is 1. The van der Waals surface area contributed by atoms with Crippen molar-refractivity contribution in [3.63, 3.8) is 0 Å². The molecule has 2 aromatic heterocycles. The van der Waals surface area contributed by atoms with Crippen LogP contribution in [0, 0.1) is 5.41 Å². The van der Waals surface area contributed by atoms with Crippen LogP contribution in [0.15, 0.2) is 60.9 Å². The highest BCUT2D eigenvalue weighted by atomic mass is 16.2.